The average Bonchev–Trinajstić information content (AvgIpc) is 2.84. The summed E-state index contributed by atoms with van der Waals surface area (Å²) in [5.41, 5.74) is -0.556. The quantitative estimate of drug-likeness (QED) is 0.803. The van der Waals surface area contributed by atoms with E-state index in [-0.39, 0.29) is 10.9 Å². The zero-order valence-corrected chi connectivity index (χ0v) is 13.5. The summed E-state index contributed by atoms with van der Waals surface area (Å²) in [6.45, 7) is 0. The molecule has 0 saturated carbocycles. The number of rotatable bonds is 4. The Morgan fingerprint density at radius 3 is 2.57 bits per heavy atom. The highest BCUT2D eigenvalue weighted by Crippen LogP contribution is 2.28. The number of ether oxygens (including phenoxy) is 1. The van der Waals surface area contributed by atoms with Gasteiger partial charge in [0.25, 0.3) is 0 Å². The van der Waals surface area contributed by atoms with Crippen LogP contribution < -0.4 is 10.0 Å². The maximum atomic E-state index is 13.9. The molecule has 2 bridgehead atoms. The van der Waals surface area contributed by atoms with E-state index < -0.39 is 27.4 Å². The lowest BCUT2D eigenvalue weighted by atomic mass is 10.0. The average molecular weight is 342 g/mol. The first-order chi connectivity index (χ1) is 10.9. The Balaban J connectivity index is 1.88. The molecule has 2 fully saturated rings. The van der Waals surface area contributed by atoms with E-state index in [0.29, 0.717) is 24.9 Å². The van der Waals surface area contributed by atoms with Crippen LogP contribution in [0.2, 0.25) is 0 Å². The van der Waals surface area contributed by atoms with Gasteiger partial charge in [0.05, 0.1) is 12.0 Å². The number of benzene rings is 1. The Kier molecular flexibility index (Phi) is 4.39. The lowest BCUT2D eigenvalue weighted by molar-refractivity contribution is 0.0590. The molecule has 2 saturated heterocycles. The summed E-state index contributed by atoms with van der Waals surface area (Å²) >= 11 is 0. The molecule has 8 heteroatoms. The van der Waals surface area contributed by atoms with Crippen molar-refractivity contribution in [3.05, 3.63) is 29.6 Å². The highest BCUT2D eigenvalue weighted by molar-refractivity contribution is 7.89. The van der Waals surface area contributed by atoms with Gasteiger partial charge in [0, 0.05) is 18.1 Å². The standard InChI is InChI=1S/C15H19FN2O4S/c1-22-15(19)14-12(16)3-2-4-13(14)23(20,21)18-11-7-9-5-6-10(8-11)17-9/h2-4,9-11,17-18H,5-8H2,1H3. The minimum Gasteiger partial charge on any atom is -0.465 e. The molecule has 2 atom stereocenters. The van der Waals surface area contributed by atoms with E-state index in [1.165, 1.54) is 12.1 Å². The van der Waals surface area contributed by atoms with Crippen molar-refractivity contribution in [1.29, 1.82) is 0 Å². The molecule has 0 aromatic heterocycles. The summed E-state index contributed by atoms with van der Waals surface area (Å²) in [5.74, 6) is -1.92. The Morgan fingerprint density at radius 2 is 1.96 bits per heavy atom. The molecular formula is C15H19FN2O4S. The van der Waals surface area contributed by atoms with Gasteiger partial charge in [-0.1, -0.05) is 6.07 Å². The summed E-state index contributed by atoms with van der Waals surface area (Å²) in [6.07, 6.45) is 3.46. The Labute approximate surface area is 134 Å². The monoisotopic (exact) mass is 342 g/mol. The summed E-state index contributed by atoms with van der Waals surface area (Å²) in [5, 5.41) is 3.42. The third kappa shape index (κ3) is 3.24. The fourth-order valence-electron chi connectivity index (χ4n) is 3.46. The molecule has 2 aliphatic rings. The zero-order valence-electron chi connectivity index (χ0n) is 12.7. The van der Waals surface area contributed by atoms with Gasteiger partial charge in [0.1, 0.15) is 11.4 Å². The summed E-state index contributed by atoms with van der Waals surface area (Å²) in [6, 6.07) is 3.93. The van der Waals surface area contributed by atoms with Crippen LogP contribution in [0.25, 0.3) is 0 Å². The van der Waals surface area contributed by atoms with E-state index >= 15 is 0 Å². The molecule has 3 rings (SSSR count). The van der Waals surface area contributed by atoms with Crippen LogP contribution in [0.15, 0.2) is 23.1 Å². The second kappa shape index (κ2) is 6.18. The fraction of sp³-hybridized carbons (Fsp3) is 0.533. The van der Waals surface area contributed by atoms with Gasteiger partial charge in [-0.25, -0.2) is 22.3 Å². The van der Waals surface area contributed by atoms with E-state index in [9.17, 15) is 17.6 Å². The van der Waals surface area contributed by atoms with Crippen molar-refractivity contribution in [2.45, 2.75) is 48.7 Å². The molecular weight excluding hydrogens is 323 g/mol. The van der Waals surface area contributed by atoms with Crippen molar-refractivity contribution in [2.75, 3.05) is 7.11 Å². The number of piperidine rings is 1. The van der Waals surface area contributed by atoms with Crippen LogP contribution in [0.3, 0.4) is 0 Å². The van der Waals surface area contributed by atoms with Crippen molar-refractivity contribution in [2.24, 2.45) is 0 Å². The zero-order chi connectivity index (χ0) is 16.6. The number of nitrogens with one attached hydrogen (secondary N) is 2. The number of carbonyl (C=O) groups is 1. The van der Waals surface area contributed by atoms with Crippen LogP contribution >= 0.6 is 0 Å². The Hall–Kier alpha value is -1.51. The molecule has 126 valence electrons. The van der Waals surface area contributed by atoms with Crippen molar-refractivity contribution in [1.82, 2.24) is 10.0 Å². The maximum absolute atomic E-state index is 13.9. The van der Waals surface area contributed by atoms with E-state index in [0.717, 1.165) is 26.0 Å². The van der Waals surface area contributed by atoms with Gasteiger partial charge in [0.2, 0.25) is 10.0 Å². The maximum Gasteiger partial charge on any atom is 0.342 e. The predicted molar refractivity (Wildman–Crippen MR) is 81.0 cm³/mol. The van der Waals surface area contributed by atoms with Crippen LogP contribution in [-0.2, 0) is 14.8 Å². The minimum atomic E-state index is -4.01. The van der Waals surface area contributed by atoms with E-state index in [1.807, 2.05) is 0 Å². The van der Waals surface area contributed by atoms with Crippen LogP contribution in [0, 0.1) is 5.82 Å². The van der Waals surface area contributed by atoms with E-state index in [2.05, 4.69) is 14.8 Å². The summed E-state index contributed by atoms with van der Waals surface area (Å²) in [4.78, 5) is 11.4. The topological polar surface area (TPSA) is 84.5 Å². The SMILES string of the molecule is COC(=O)c1c(F)cccc1S(=O)(=O)NC1CC2CCC(C1)N2. The van der Waals surface area contributed by atoms with Crippen molar-refractivity contribution in [3.8, 4) is 0 Å². The first kappa shape index (κ1) is 16.4. The van der Waals surface area contributed by atoms with Crippen molar-refractivity contribution >= 4 is 16.0 Å². The van der Waals surface area contributed by atoms with Gasteiger partial charge in [0.15, 0.2) is 0 Å². The third-order valence-electron chi connectivity index (χ3n) is 4.45. The number of carbonyl (C=O) groups excluding carboxylic acids is 1. The molecule has 0 spiro atoms. The molecule has 6 nitrogen and oxygen atoms in total. The number of methoxy groups -OCH3 is 1. The van der Waals surface area contributed by atoms with Gasteiger partial charge >= 0.3 is 5.97 Å². The van der Waals surface area contributed by atoms with Gasteiger partial charge < -0.3 is 10.1 Å². The van der Waals surface area contributed by atoms with E-state index in [4.69, 9.17) is 0 Å². The Morgan fingerprint density at radius 1 is 1.30 bits per heavy atom. The smallest absolute Gasteiger partial charge is 0.342 e. The molecule has 2 aliphatic heterocycles. The minimum absolute atomic E-state index is 0.215. The lowest BCUT2D eigenvalue weighted by Gasteiger charge is -2.29. The van der Waals surface area contributed by atoms with Gasteiger partial charge in [-0.3, -0.25) is 0 Å². The molecule has 0 amide bonds. The normalized spacial score (nSPS) is 27.0. The number of fused-ring (bicyclic) bond motifs is 2. The lowest BCUT2D eigenvalue weighted by Crippen LogP contribution is -2.48. The third-order valence-corrected chi connectivity index (χ3v) is 6.01. The molecule has 2 heterocycles. The number of hydrogen-bond donors (Lipinski definition) is 2. The first-order valence-corrected chi connectivity index (χ1v) is 9.04. The fourth-order valence-corrected chi connectivity index (χ4v) is 4.93. The molecule has 23 heavy (non-hydrogen) atoms. The second-order valence-corrected chi connectivity index (χ2v) is 7.71. The van der Waals surface area contributed by atoms with Gasteiger partial charge in [-0.2, -0.15) is 0 Å². The van der Waals surface area contributed by atoms with Crippen molar-refractivity contribution < 1.29 is 22.3 Å². The van der Waals surface area contributed by atoms with Crippen LogP contribution in [0.4, 0.5) is 4.39 Å². The largest absolute Gasteiger partial charge is 0.465 e. The molecule has 2 unspecified atom stereocenters. The van der Waals surface area contributed by atoms with Gasteiger partial charge in [-0.15, -0.1) is 0 Å². The van der Waals surface area contributed by atoms with Crippen molar-refractivity contribution in [3.63, 3.8) is 0 Å². The van der Waals surface area contributed by atoms with Crippen LogP contribution in [-0.4, -0.2) is 39.6 Å². The molecule has 2 N–H and O–H groups in total. The summed E-state index contributed by atoms with van der Waals surface area (Å²) in [7, 11) is -2.92. The van der Waals surface area contributed by atoms with Gasteiger partial charge in [-0.05, 0) is 37.8 Å². The molecule has 0 aliphatic carbocycles. The summed E-state index contributed by atoms with van der Waals surface area (Å²) < 4.78 is 46.3. The van der Waals surface area contributed by atoms with Crippen LogP contribution in [0.5, 0.6) is 0 Å². The number of hydrogen-bond acceptors (Lipinski definition) is 5. The molecule has 1 aromatic rings. The molecule has 0 radical (unpaired) electrons. The highest BCUT2D eigenvalue weighted by atomic mass is 32.2. The Bertz CT molecular complexity index is 710. The van der Waals surface area contributed by atoms with Crippen LogP contribution in [0.1, 0.15) is 36.0 Å². The number of sulfonamides is 1. The second-order valence-electron chi connectivity index (χ2n) is 6.03. The molecule has 1 aromatic carbocycles. The number of halogens is 1. The van der Waals surface area contributed by atoms with E-state index in [1.54, 1.807) is 0 Å². The first-order valence-electron chi connectivity index (χ1n) is 7.56. The highest BCUT2D eigenvalue weighted by Gasteiger charge is 2.36. The predicted octanol–water partition coefficient (Wildman–Crippen LogP) is 1.17. The number of esters is 1.